The SMILES string of the molecule is O=C1CC2(CCc3cc(-c4ccc(NC(=O)c5cccc(Cl)c5)c(F)c4)ccc3C2=O)CO1. The van der Waals surface area contributed by atoms with Gasteiger partial charge in [-0.1, -0.05) is 41.9 Å². The van der Waals surface area contributed by atoms with Gasteiger partial charge in [-0.3, -0.25) is 14.4 Å². The Hall–Kier alpha value is -3.51. The van der Waals surface area contributed by atoms with E-state index in [0.717, 1.165) is 11.1 Å². The quantitative estimate of drug-likeness (QED) is 0.523. The molecule has 3 aromatic carbocycles. The van der Waals surface area contributed by atoms with Crippen LogP contribution < -0.4 is 5.32 Å². The highest BCUT2D eigenvalue weighted by Gasteiger charge is 2.49. The lowest BCUT2D eigenvalue weighted by atomic mass is 9.69. The third-order valence-electron chi connectivity index (χ3n) is 6.33. The van der Waals surface area contributed by atoms with Gasteiger partial charge in [0.25, 0.3) is 5.91 Å². The average molecular weight is 464 g/mol. The van der Waals surface area contributed by atoms with Gasteiger partial charge in [-0.05, 0) is 59.9 Å². The predicted octanol–water partition coefficient (Wildman–Crippen LogP) is 5.46. The Morgan fingerprint density at radius 3 is 2.55 bits per heavy atom. The maximum atomic E-state index is 14.8. The molecule has 166 valence electrons. The van der Waals surface area contributed by atoms with Crippen molar-refractivity contribution in [2.24, 2.45) is 5.41 Å². The van der Waals surface area contributed by atoms with Crippen LogP contribution >= 0.6 is 11.6 Å². The number of rotatable bonds is 3. The summed E-state index contributed by atoms with van der Waals surface area (Å²) in [5.74, 6) is -1.43. The molecule has 0 bridgehead atoms. The molecule has 7 heteroatoms. The van der Waals surface area contributed by atoms with Gasteiger partial charge in [-0.25, -0.2) is 4.39 Å². The lowest BCUT2D eigenvalue weighted by Gasteiger charge is -2.30. The number of ether oxygens (including phenoxy) is 1. The van der Waals surface area contributed by atoms with Gasteiger partial charge in [0.05, 0.1) is 17.5 Å². The molecule has 0 aromatic heterocycles. The molecule has 0 saturated carbocycles. The van der Waals surface area contributed by atoms with Crippen LogP contribution in [0.4, 0.5) is 10.1 Å². The number of anilines is 1. The number of fused-ring (bicyclic) bond motifs is 1. The largest absolute Gasteiger partial charge is 0.465 e. The molecule has 1 aliphatic carbocycles. The minimum Gasteiger partial charge on any atom is -0.465 e. The highest BCUT2D eigenvalue weighted by atomic mass is 35.5. The van der Waals surface area contributed by atoms with Gasteiger partial charge >= 0.3 is 5.97 Å². The summed E-state index contributed by atoms with van der Waals surface area (Å²) < 4.78 is 19.9. The van der Waals surface area contributed by atoms with Crippen LogP contribution in [0.15, 0.2) is 60.7 Å². The summed E-state index contributed by atoms with van der Waals surface area (Å²) in [6.45, 7) is 0.138. The van der Waals surface area contributed by atoms with Crippen LogP contribution in [0.5, 0.6) is 0 Å². The van der Waals surface area contributed by atoms with Crippen molar-refractivity contribution in [3.63, 3.8) is 0 Å². The molecular weight excluding hydrogens is 445 g/mol. The zero-order valence-corrected chi connectivity index (χ0v) is 18.2. The first kappa shape index (κ1) is 21.3. The van der Waals surface area contributed by atoms with Crippen molar-refractivity contribution in [2.75, 3.05) is 11.9 Å². The van der Waals surface area contributed by atoms with Gasteiger partial charge in [0.1, 0.15) is 12.4 Å². The summed E-state index contributed by atoms with van der Waals surface area (Å²) in [6.07, 6.45) is 1.32. The highest BCUT2D eigenvalue weighted by Crippen LogP contribution is 2.43. The number of aryl methyl sites for hydroxylation is 1. The smallest absolute Gasteiger partial charge is 0.306 e. The summed E-state index contributed by atoms with van der Waals surface area (Å²) in [7, 11) is 0. The van der Waals surface area contributed by atoms with E-state index in [1.54, 1.807) is 36.4 Å². The Balaban J connectivity index is 1.37. The average Bonchev–Trinajstić information content (AvgIpc) is 3.19. The maximum absolute atomic E-state index is 14.8. The first-order valence-corrected chi connectivity index (χ1v) is 10.9. The van der Waals surface area contributed by atoms with Crippen molar-refractivity contribution in [3.8, 4) is 11.1 Å². The standard InChI is InChI=1S/C26H19ClFNO4/c27-19-3-1-2-18(11-19)25(32)29-22-7-5-16(12-21(22)28)15-4-6-20-17(10-15)8-9-26(24(20)31)13-23(30)33-14-26/h1-7,10-12H,8-9,13-14H2,(H,29,32). The number of Topliss-reactive ketones (excluding diaryl/α,β-unsaturated/α-hetero) is 1. The molecule has 5 nitrogen and oxygen atoms in total. The number of amides is 1. The Kier molecular flexibility index (Phi) is 5.25. The van der Waals surface area contributed by atoms with Crippen LogP contribution in [0.1, 0.15) is 39.1 Å². The Bertz CT molecular complexity index is 1320. The zero-order chi connectivity index (χ0) is 23.2. The van der Waals surface area contributed by atoms with Gasteiger partial charge in [0.2, 0.25) is 0 Å². The van der Waals surface area contributed by atoms with Crippen LogP contribution in [0, 0.1) is 11.2 Å². The number of carbonyl (C=O) groups is 3. The molecule has 1 atom stereocenters. The van der Waals surface area contributed by atoms with Gasteiger partial charge in [-0.15, -0.1) is 0 Å². The van der Waals surface area contributed by atoms with Gasteiger partial charge in [-0.2, -0.15) is 0 Å². The van der Waals surface area contributed by atoms with E-state index in [2.05, 4.69) is 5.32 Å². The highest BCUT2D eigenvalue weighted by molar-refractivity contribution is 6.31. The molecule has 0 radical (unpaired) electrons. The van der Waals surface area contributed by atoms with Crippen molar-refractivity contribution in [2.45, 2.75) is 19.3 Å². The summed E-state index contributed by atoms with van der Waals surface area (Å²) in [5, 5.41) is 2.98. The van der Waals surface area contributed by atoms with Crippen LogP contribution in [-0.4, -0.2) is 24.3 Å². The van der Waals surface area contributed by atoms with Gasteiger partial charge in [0, 0.05) is 16.1 Å². The number of esters is 1. The van der Waals surface area contributed by atoms with E-state index >= 15 is 0 Å². The fourth-order valence-electron chi connectivity index (χ4n) is 4.50. The second-order valence-electron chi connectivity index (χ2n) is 8.48. The Morgan fingerprint density at radius 1 is 1.03 bits per heavy atom. The number of nitrogens with one attached hydrogen (secondary N) is 1. The summed E-state index contributed by atoms with van der Waals surface area (Å²) in [6, 6.07) is 16.4. The van der Waals surface area contributed by atoms with E-state index in [1.165, 1.54) is 18.2 Å². The molecule has 1 N–H and O–H groups in total. The first-order chi connectivity index (χ1) is 15.8. The van der Waals surface area contributed by atoms with Crippen LogP contribution in [0.25, 0.3) is 11.1 Å². The van der Waals surface area contributed by atoms with E-state index in [-0.39, 0.29) is 30.5 Å². The molecule has 1 amide bonds. The number of ketones is 1. The third-order valence-corrected chi connectivity index (χ3v) is 6.57. The summed E-state index contributed by atoms with van der Waals surface area (Å²) in [4.78, 5) is 37.0. The maximum Gasteiger partial charge on any atom is 0.306 e. The minimum atomic E-state index is -0.749. The van der Waals surface area contributed by atoms with E-state index in [9.17, 15) is 18.8 Å². The van der Waals surface area contributed by atoms with Crippen molar-refractivity contribution >= 4 is 34.9 Å². The number of benzene rings is 3. The van der Waals surface area contributed by atoms with Crippen LogP contribution in [0.3, 0.4) is 0 Å². The summed E-state index contributed by atoms with van der Waals surface area (Å²) >= 11 is 5.92. The van der Waals surface area contributed by atoms with Crippen LogP contribution in [-0.2, 0) is 16.0 Å². The van der Waals surface area contributed by atoms with E-state index in [1.807, 2.05) is 6.07 Å². The topological polar surface area (TPSA) is 72.5 Å². The van der Waals surface area contributed by atoms with Crippen LogP contribution in [0.2, 0.25) is 5.02 Å². The molecule has 1 heterocycles. The molecular formula is C26H19ClFNO4. The zero-order valence-electron chi connectivity index (χ0n) is 17.5. The van der Waals surface area contributed by atoms with Gasteiger partial charge < -0.3 is 10.1 Å². The molecule has 1 unspecified atom stereocenters. The lowest BCUT2D eigenvalue weighted by molar-refractivity contribution is -0.137. The molecule has 1 spiro atoms. The van der Waals surface area contributed by atoms with Crippen molar-refractivity contribution in [1.82, 2.24) is 0 Å². The fraction of sp³-hybridized carbons (Fsp3) is 0.192. The van der Waals surface area contributed by atoms with Crippen molar-refractivity contribution < 1.29 is 23.5 Å². The van der Waals surface area contributed by atoms with E-state index < -0.39 is 17.1 Å². The number of hydrogen-bond donors (Lipinski definition) is 1. The second kappa shape index (κ2) is 8.12. The Morgan fingerprint density at radius 2 is 1.82 bits per heavy atom. The minimum absolute atomic E-state index is 0.0599. The molecule has 2 aliphatic rings. The molecule has 1 saturated heterocycles. The molecule has 5 rings (SSSR count). The summed E-state index contributed by atoms with van der Waals surface area (Å²) in [5.41, 5.74) is 2.50. The number of halogens is 2. The Labute approximate surface area is 194 Å². The molecule has 33 heavy (non-hydrogen) atoms. The number of hydrogen-bond acceptors (Lipinski definition) is 4. The molecule has 1 fully saturated rings. The molecule has 3 aromatic rings. The van der Waals surface area contributed by atoms with E-state index in [4.69, 9.17) is 16.3 Å². The van der Waals surface area contributed by atoms with Crippen molar-refractivity contribution in [1.29, 1.82) is 0 Å². The predicted molar refractivity (Wildman–Crippen MR) is 122 cm³/mol. The van der Waals surface area contributed by atoms with Crippen molar-refractivity contribution in [3.05, 3.63) is 88.2 Å². The second-order valence-corrected chi connectivity index (χ2v) is 8.91. The number of carbonyl (C=O) groups excluding carboxylic acids is 3. The van der Waals surface area contributed by atoms with E-state index in [0.29, 0.717) is 34.6 Å². The fourth-order valence-corrected chi connectivity index (χ4v) is 4.69. The number of cyclic esters (lactones) is 1. The van der Waals surface area contributed by atoms with Gasteiger partial charge in [0.15, 0.2) is 5.78 Å². The molecule has 1 aliphatic heterocycles. The third kappa shape index (κ3) is 3.91. The first-order valence-electron chi connectivity index (χ1n) is 10.5. The normalized spacial score (nSPS) is 19.3. The monoisotopic (exact) mass is 463 g/mol. The lowest BCUT2D eigenvalue weighted by Crippen LogP contribution is -2.36.